The summed E-state index contributed by atoms with van der Waals surface area (Å²) < 4.78 is 12.9. The third-order valence-electron chi connectivity index (χ3n) is 1.65. The van der Waals surface area contributed by atoms with Crippen LogP contribution in [0, 0.1) is 17.6 Å². The standard InChI is InChI=1S/C8H7ClFNO/c1-5-6(4-11-12)2-7(9)3-8(5)10/h2-3H,4H2,1H3. The van der Waals surface area contributed by atoms with Gasteiger partial charge in [0.15, 0.2) is 0 Å². The lowest BCUT2D eigenvalue weighted by Gasteiger charge is -2.02. The van der Waals surface area contributed by atoms with Crippen LogP contribution in [0.15, 0.2) is 17.3 Å². The highest BCUT2D eigenvalue weighted by Gasteiger charge is 2.05. The molecular weight excluding hydrogens is 181 g/mol. The van der Waals surface area contributed by atoms with Crippen LogP contribution < -0.4 is 0 Å². The number of nitrogens with zero attached hydrogens (tertiary/aromatic N) is 1. The minimum absolute atomic E-state index is 0.0384. The first kappa shape index (κ1) is 9.13. The van der Waals surface area contributed by atoms with Gasteiger partial charge in [0.25, 0.3) is 0 Å². The van der Waals surface area contributed by atoms with E-state index in [9.17, 15) is 9.30 Å². The van der Waals surface area contributed by atoms with Crippen LogP contribution in [-0.2, 0) is 6.54 Å². The first-order chi connectivity index (χ1) is 5.65. The van der Waals surface area contributed by atoms with E-state index in [0.717, 1.165) is 0 Å². The molecule has 0 amide bonds. The summed E-state index contributed by atoms with van der Waals surface area (Å²) in [5, 5.41) is 2.96. The summed E-state index contributed by atoms with van der Waals surface area (Å²) in [6.45, 7) is 1.55. The Balaban J connectivity index is 3.17. The van der Waals surface area contributed by atoms with Crippen LogP contribution in [0.25, 0.3) is 0 Å². The number of benzene rings is 1. The zero-order chi connectivity index (χ0) is 9.14. The number of rotatable bonds is 2. The maximum atomic E-state index is 12.9. The first-order valence-corrected chi connectivity index (χ1v) is 3.76. The second-order valence-electron chi connectivity index (χ2n) is 2.46. The van der Waals surface area contributed by atoms with Crippen molar-refractivity contribution < 1.29 is 4.39 Å². The first-order valence-electron chi connectivity index (χ1n) is 3.39. The van der Waals surface area contributed by atoms with Crippen molar-refractivity contribution in [2.24, 2.45) is 5.18 Å². The van der Waals surface area contributed by atoms with E-state index in [0.29, 0.717) is 11.1 Å². The molecule has 4 heteroatoms. The van der Waals surface area contributed by atoms with E-state index in [4.69, 9.17) is 11.6 Å². The lowest BCUT2D eigenvalue weighted by atomic mass is 10.1. The van der Waals surface area contributed by atoms with E-state index in [1.165, 1.54) is 6.07 Å². The molecular formula is C8H7ClFNO. The van der Waals surface area contributed by atoms with Gasteiger partial charge in [-0.2, -0.15) is 4.91 Å². The topological polar surface area (TPSA) is 29.4 Å². The van der Waals surface area contributed by atoms with E-state index in [-0.39, 0.29) is 11.6 Å². The Morgan fingerprint density at radius 3 is 2.83 bits per heavy atom. The lowest BCUT2D eigenvalue weighted by Crippen LogP contribution is -1.91. The average molecular weight is 188 g/mol. The van der Waals surface area contributed by atoms with Crippen molar-refractivity contribution in [1.29, 1.82) is 0 Å². The third kappa shape index (κ3) is 1.80. The minimum atomic E-state index is -0.402. The highest BCUT2D eigenvalue weighted by molar-refractivity contribution is 6.30. The normalized spacial score (nSPS) is 9.92. The van der Waals surface area contributed by atoms with Gasteiger partial charge in [-0.25, -0.2) is 4.39 Å². The molecule has 0 bridgehead atoms. The highest BCUT2D eigenvalue weighted by atomic mass is 35.5. The van der Waals surface area contributed by atoms with Crippen molar-refractivity contribution in [3.8, 4) is 0 Å². The van der Waals surface area contributed by atoms with E-state index in [1.807, 2.05) is 0 Å². The molecule has 0 aliphatic carbocycles. The largest absolute Gasteiger partial charge is 0.207 e. The Hall–Kier alpha value is -0.960. The predicted octanol–water partition coefficient (Wildman–Crippen LogP) is 3.05. The van der Waals surface area contributed by atoms with E-state index < -0.39 is 5.82 Å². The van der Waals surface area contributed by atoms with Gasteiger partial charge in [-0.15, -0.1) is 0 Å². The molecule has 1 aromatic rings. The Kier molecular flexibility index (Phi) is 2.76. The van der Waals surface area contributed by atoms with Gasteiger partial charge in [-0.05, 0) is 30.2 Å². The number of hydrogen-bond acceptors (Lipinski definition) is 2. The van der Waals surface area contributed by atoms with Crippen LogP contribution in [-0.4, -0.2) is 0 Å². The van der Waals surface area contributed by atoms with Crippen molar-refractivity contribution in [3.05, 3.63) is 39.0 Å². The molecule has 12 heavy (non-hydrogen) atoms. The number of halogens is 2. The van der Waals surface area contributed by atoms with E-state index in [1.54, 1.807) is 13.0 Å². The maximum absolute atomic E-state index is 12.9. The van der Waals surface area contributed by atoms with Crippen LogP contribution in [0.5, 0.6) is 0 Å². The molecule has 0 unspecified atom stereocenters. The SMILES string of the molecule is Cc1c(F)cc(Cl)cc1CN=O. The Bertz CT molecular complexity index is 314. The fourth-order valence-electron chi connectivity index (χ4n) is 0.933. The molecule has 2 nitrogen and oxygen atoms in total. The van der Waals surface area contributed by atoms with Crippen LogP contribution in [0.4, 0.5) is 4.39 Å². The molecule has 1 rings (SSSR count). The lowest BCUT2D eigenvalue weighted by molar-refractivity contribution is 0.615. The predicted molar refractivity (Wildman–Crippen MR) is 45.6 cm³/mol. The molecule has 64 valence electrons. The molecule has 0 heterocycles. The molecule has 0 radical (unpaired) electrons. The Labute approximate surface area is 74.3 Å². The summed E-state index contributed by atoms with van der Waals surface area (Å²) >= 11 is 5.57. The van der Waals surface area contributed by atoms with Crippen molar-refractivity contribution in [3.63, 3.8) is 0 Å². The second-order valence-corrected chi connectivity index (χ2v) is 2.90. The summed E-state index contributed by atoms with van der Waals surface area (Å²) in [5.74, 6) is -0.402. The van der Waals surface area contributed by atoms with Gasteiger partial charge >= 0.3 is 0 Å². The number of nitroso groups, excluding NO2 is 1. The van der Waals surface area contributed by atoms with Crippen LogP contribution in [0.3, 0.4) is 0 Å². The van der Waals surface area contributed by atoms with Crippen molar-refractivity contribution in [2.75, 3.05) is 0 Å². The van der Waals surface area contributed by atoms with Crippen LogP contribution in [0.2, 0.25) is 5.02 Å². The quantitative estimate of drug-likeness (QED) is 0.655. The molecule has 0 aromatic heterocycles. The van der Waals surface area contributed by atoms with Gasteiger partial charge in [0.05, 0.1) is 0 Å². The zero-order valence-electron chi connectivity index (χ0n) is 6.47. The summed E-state index contributed by atoms with van der Waals surface area (Å²) in [6.07, 6.45) is 0. The molecule has 0 fully saturated rings. The molecule has 0 aliphatic rings. The fourth-order valence-corrected chi connectivity index (χ4v) is 1.16. The highest BCUT2D eigenvalue weighted by Crippen LogP contribution is 2.19. The smallest absolute Gasteiger partial charge is 0.127 e. The fraction of sp³-hybridized carbons (Fsp3) is 0.250. The van der Waals surface area contributed by atoms with Crippen molar-refractivity contribution in [2.45, 2.75) is 13.5 Å². The Morgan fingerprint density at radius 2 is 2.25 bits per heavy atom. The van der Waals surface area contributed by atoms with Gasteiger partial charge in [0.1, 0.15) is 12.4 Å². The average Bonchev–Trinajstić information content (AvgIpc) is 2.00. The van der Waals surface area contributed by atoms with E-state index >= 15 is 0 Å². The van der Waals surface area contributed by atoms with Gasteiger partial charge in [0, 0.05) is 5.02 Å². The van der Waals surface area contributed by atoms with Gasteiger partial charge < -0.3 is 0 Å². The second kappa shape index (κ2) is 3.63. The Morgan fingerprint density at radius 1 is 1.58 bits per heavy atom. The summed E-state index contributed by atoms with van der Waals surface area (Å²) in [5.41, 5.74) is 0.967. The molecule has 0 spiro atoms. The monoisotopic (exact) mass is 187 g/mol. The molecule has 0 atom stereocenters. The van der Waals surface area contributed by atoms with Crippen LogP contribution in [0.1, 0.15) is 11.1 Å². The maximum Gasteiger partial charge on any atom is 0.127 e. The van der Waals surface area contributed by atoms with Crippen molar-refractivity contribution >= 4 is 11.6 Å². The summed E-state index contributed by atoms with van der Waals surface area (Å²) in [4.78, 5) is 9.93. The van der Waals surface area contributed by atoms with Crippen molar-refractivity contribution in [1.82, 2.24) is 0 Å². The molecule has 0 aliphatic heterocycles. The third-order valence-corrected chi connectivity index (χ3v) is 1.87. The number of hydrogen-bond donors (Lipinski definition) is 0. The summed E-state index contributed by atoms with van der Waals surface area (Å²) in [7, 11) is 0. The summed E-state index contributed by atoms with van der Waals surface area (Å²) in [6, 6.07) is 2.76. The molecule has 0 saturated heterocycles. The van der Waals surface area contributed by atoms with Gasteiger partial charge in [0.2, 0.25) is 0 Å². The van der Waals surface area contributed by atoms with E-state index in [2.05, 4.69) is 5.18 Å². The van der Waals surface area contributed by atoms with Crippen LogP contribution >= 0.6 is 11.6 Å². The molecule has 0 saturated carbocycles. The molecule has 0 N–H and O–H groups in total. The minimum Gasteiger partial charge on any atom is -0.207 e. The van der Waals surface area contributed by atoms with Gasteiger partial charge in [-0.1, -0.05) is 16.8 Å². The zero-order valence-corrected chi connectivity index (χ0v) is 7.23. The molecule has 1 aromatic carbocycles. The van der Waals surface area contributed by atoms with Gasteiger partial charge in [-0.3, -0.25) is 0 Å².